The van der Waals surface area contributed by atoms with Gasteiger partial charge in [-0.25, -0.2) is 0 Å². The average molecular weight is 329 g/mol. The molecule has 5 heteroatoms. The lowest BCUT2D eigenvalue weighted by atomic mass is 10.00. The molecular weight excluding hydrogens is 302 g/mol. The van der Waals surface area contributed by atoms with Crippen LogP contribution in [0.5, 0.6) is 0 Å². The summed E-state index contributed by atoms with van der Waals surface area (Å²) < 4.78 is 0. The zero-order valence-corrected chi connectivity index (χ0v) is 14.7. The minimum absolute atomic E-state index is 0.0547. The van der Waals surface area contributed by atoms with E-state index in [1.54, 1.807) is 0 Å². The van der Waals surface area contributed by atoms with Gasteiger partial charge in [-0.1, -0.05) is 13.8 Å². The molecule has 5 nitrogen and oxygen atoms in total. The Labute approximate surface area is 144 Å². The van der Waals surface area contributed by atoms with Crippen molar-refractivity contribution in [3.63, 3.8) is 0 Å². The van der Waals surface area contributed by atoms with Gasteiger partial charge in [0.2, 0.25) is 5.91 Å². The molecule has 24 heavy (non-hydrogen) atoms. The molecule has 1 aromatic carbocycles. The van der Waals surface area contributed by atoms with Crippen molar-refractivity contribution in [1.29, 1.82) is 0 Å². The van der Waals surface area contributed by atoms with Crippen LogP contribution in [0.2, 0.25) is 0 Å². The maximum atomic E-state index is 12.7. The molecule has 0 aromatic heterocycles. The number of hydrogen-bond acceptors (Lipinski definition) is 3. The van der Waals surface area contributed by atoms with Crippen LogP contribution in [0, 0.1) is 5.92 Å². The lowest BCUT2D eigenvalue weighted by Crippen LogP contribution is -2.49. The number of amides is 2. The lowest BCUT2D eigenvalue weighted by Gasteiger charge is -2.35. The van der Waals surface area contributed by atoms with Crippen LogP contribution in [0.1, 0.15) is 42.6 Å². The van der Waals surface area contributed by atoms with Gasteiger partial charge in [0.25, 0.3) is 5.91 Å². The van der Waals surface area contributed by atoms with Gasteiger partial charge in [0, 0.05) is 43.9 Å². The number of carbonyl (C=O) groups excluding carboxylic acids is 2. The number of aryl methyl sites for hydroxylation is 1. The summed E-state index contributed by atoms with van der Waals surface area (Å²) in [6.07, 6.45) is 2.43. The predicted molar refractivity (Wildman–Crippen MR) is 95.2 cm³/mol. The minimum atomic E-state index is 0.0547. The molecule has 2 amide bonds. The molecule has 1 saturated heterocycles. The molecule has 2 aliphatic rings. The molecule has 130 valence electrons. The Bertz CT molecular complexity index is 619. The molecule has 1 fully saturated rings. The van der Waals surface area contributed by atoms with Crippen LogP contribution in [-0.2, 0) is 11.2 Å². The van der Waals surface area contributed by atoms with E-state index < -0.39 is 0 Å². The van der Waals surface area contributed by atoms with Gasteiger partial charge in [0.05, 0.1) is 0 Å². The van der Waals surface area contributed by atoms with Crippen molar-refractivity contribution in [2.75, 3.05) is 38.0 Å². The fraction of sp³-hybridized carbons (Fsp3) is 0.579. The van der Waals surface area contributed by atoms with E-state index in [1.165, 1.54) is 6.42 Å². The van der Waals surface area contributed by atoms with Crippen molar-refractivity contribution in [3.8, 4) is 0 Å². The molecule has 0 spiro atoms. The van der Waals surface area contributed by atoms with E-state index in [2.05, 4.69) is 24.1 Å². The van der Waals surface area contributed by atoms with Crippen LogP contribution >= 0.6 is 0 Å². The highest BCUT2D eigenvalue weighted by Gasteiger charge is 2.23. The molecular formula is C19H27N3O2. The van der Waals surface area contributed by atoms with Crippen LogP contribution in [0.3, 0.4) is 0 Å². The Morgan fingerprint density at radius 1 is 1.17 bits per heavy atom. The third-order valence-electron chi connectivity index (χ3n) is 4.93. The summed E-state index contributed by atoms with van der Waals surface area (Å²) >= 11 is 0. The maximum absolute atomic E-state index is 12.7. The van der Waals surface area contributed by atoms with E-state index in [9.17, 15) is 9.59 Å². The van der Waals surface area contributed by atoms with E-state index in [1.807, 2.05) is 23.1 Å². The molecule has 0 radical (unpaired) electrons. The van der Waals surface area contributed by atoms with Gasteiger partial charge >= 0.3 is 0 Å². The van der Waals surface area contributed by atoms with Gasteiger partial charge in [0.15, 0.2) is 0 Å². The Balaban J connectivity index is 1.59. The van der Waals surface area contributed by atoms with E-state index in [0.29, 0.717) is 12.8 Å². The Kier molecular flexibility index (Phi) is 5.19. The Morgan fingerprint density at radius 2 is 1.92 bits per heavy atom. The van der Waals surface area contributed by atoms with Crippen molar-refractivity contribution >= 4 is 17.5 Å². The molecule has 1 N–H and O–H groups in total. The first-order chi connectivity index (χ1) is 11.5. The van der Waals surface area contributed by atoms with Crippen molar-refractivity contribution in [3.05, 3.63) is 29.3 Å². The highest BCUT2D eigenvalue weighted by molar-refractivity contribution is 5.98. The van der Waals surface area contributed by atoms with Crippen LogP contribution in [0.4, 0.5) is 5.69 Å². The summed E-state index contributed by atoms with van der Waals surface area (Å²) in [7, 11) is 0. The number of rotatable bonds is 4. The quantitative estimate of drug-likeness (QED) is 0.923. The van der Waals surface area contributed by atoms with Gasteiger partial charge < -0.3 is 10.2 Å². The smallest absolute Gasteiger partial charge is 0.253 e. The van der Waals surface area contributed by atoms with E-state index in [-0.39, 0.29) is 11.8 Å². The molecule has 0 saturated carbocycles. The molecule has 1 aromatic rings. The SMILES string of the molecule is CC(C)CCN1CCN(C(=O)c2ccc3c(c2)CCC(=O)N3)CC1. The largest absolute Gasteiger partial charge is 0.336 e. The number of fused-ring (bicyclic) bond motifs is 1. The van der Waals surface area contributed by atoms with Crippen LogP contribution in [-0.4, -0.2) is 54.3 Å². The summed E-state index contributed by atoms with van der Waals surface area (Å²) in [5.74, 6) is 0.887. The molecule has 0 bridgehead atoms. The number of carbonyl (C=O) groups is 2. The number of anilines is 1. The number of benzene rings is 1. The molecule has 3 rings (SSSR count). The highest BCUT2D eigenvalue weighted by Crippen LogP contribution is 2.24. The van der Waals surface area contributed by atoms with E-state index in [4.69, 9.17) is 0 Å². The number of nitrogens with one attached hydrogen (secondary N) is 1. The summed E-state index contributed by atoms with van der Waals surface area (Å²) in [5.41, 5.74) is 2.65. The summed E-state index contributed by atoms with van der Waals surface area (Å²) in [4.78, 5) is 28.6. The third kappa shape index (κ3) is 3.96. The summed E-state index contributed by atoms with van der Waals surface area (Å²) in [6, 6.07) is 5.64. The van der Waals surface area contributed by atoms with Crippen molar-refractivity contribution in [2.24, 2.45) is 5.92 Å². The molecule has 0 unspecified atom stereocenters. The molecule has 2 heterocycles. The van der Waals surface area contributed by atoms with E-state index in [0.717, 1.165) is 55.5 Å². The number of hydrogen-bond donors (Lipinski definition) is 1. The van der Waals surface area contributed by atoms with Crippen molar-refractivity contribution in [2.45, 2.75) is 33.1 Å². The molecule has 0 atom stereocenters. The zero-order valence-electron chi connectivity index (χ0n) is 14.7. The third-order valence-corrected chi connectivity index (χ3v) is 4.93. The molecule has 2 aliphatic heterocycles. The highest BCUT2D eigenvalue weighted by atomic mass is 16.2. The van der Waals surface area contributed by atoms with Gasteiger partial charge in [0.1, 0.15) is 0 Å². The van der Waals surface area contributed by atoms with Crippen LogP contribution in [0.25, 0.3) is 0 Å². The fourth-order valence-electron chi connectivity index (χ4n) is 3.31. The van der Waals surface area contributed by atoms with Gasteiger partial charge in [-0.05, 0) is 49.1 Å². The predicted octanol–water partition coefficient (Wildman–Crippen LogP) is 2.38. The van der Waals surface area contributed by atoms with Crippen molar-refractivity contribution in [1.82, 2.24) is 9.80 Å². The van der Waals surface area contributed by atoms with Crippen LogP contribution < -0.4 is 5.32 Å². The topological polar surface area (TPSA) is 52.7 Å². The van der Waals surface area contributed by atoms with Gasteiger partial charge in [-0.15, -0.1) is 0 Å². The second kappa shape index (κ2) is 7.34. The van der Waals surface area contributed by atoms with Gasteiger partial charge in [-0.2, -0.15) is 0 Å². The van der Waals surface area contributed by atoms with Crippen LogP contribution in [0.15, 0.2) is 18.2 Å². The van der Waals surface area contributed by atoms with Gasteiger partial charge in [-0.3, -0.25) is 14.5 Å². The second-order valence-electron chi connectivity index (χ2n) is 7.24. The zero-order chi connectivity index (χ0) is 17.1. The van der Waals surface area contributed by atoms with E-state index >= 15 is 0 Å². The van der Waals surface area contributed by atoms with Crippen molar-refractivity contribution < 1.29 is 9.59 Å². The Morgan fingerprint density at radius 3 is 2.62 bits per heavy atom. The number of piperazine rings is 1. The lowest BCUT2D eigenvalue weighted by molar-refractivity contribution is -0.116. The molecule has 0 aliphatic carbocycles. The minimum Gasteiger partial charge on any atom is -0.336 e. The first-order valence-corrected chi connectivity index (χ1v) is 8.97. The summed E-state index contributed by atoms with van der Waals surface area (Å²) in [6.45, 7) is 9.13. The Hall–Kier alpha value is -1.88. The standard InChI is InChI=1S/C19H27N3O2/c1-14(2)7-8-21-9-11-22(12-10-21)19(24)16-3-5-17-15(13-16)4-6-18(23)20-17/h3,5,13-14H,4,6-12H2,1-2H3,(H,20,23). The summed E-state index contributed by atoms with van der Waals surface area (Å²) in [5, 5.41) is 2.86. The first kappa shape index (κ1) is 17.0. The fourth-order valence-corrected chi connectivity index (χ4v) is 3.31. The normalized spacial score (nSPS) is 18.5. The number of nitrogens with zero attached hydrogens (tertiary/aromatic N) is 2. The monoisotopic (exact) mass is 329 g/mol. The average Bonchev–Trinajstić information content (AvgIpc) is 2.59. The second-order valence-corrected chi connectivity index (χ2v) is 7.24. The first-order valence-electron chi connectivity index (χ1n) is 8.97. The maximum Gasteiger partial charge on any atom is 0.253 e.